The van der Waals surface area contributed by atoms with E-state index >= 15 is 0 Å². The maximum absolute atomic E-state index is 8.58. The maximum atomic E-state index is 8.58. The van der Waals surface area contributed by atoms with Crippen molar-refractivity contribution in [2.24, 2.45) is 11.8 Å². The Labute approximate surface area is 79.1 Å². The first-order valence-corrected chi connectivity index (χ1v) is 4.68. The van der Waals surface area contributed by atoms with Gasteiger partial charge in [-0.3, -0.25) is 0 Å². The molecule has 2 aliphatic rings. The highest BCUT2D eigenvalue weighted by atomic mass is 14.4. The van der Waals surface area contributed by atoms with Gasteiger partial charge in [-0.05, 0) is 31.8 Å². The van der Waals surface area contributed by atoms with Gasteiger partial charge in [0.15, 0.2) is 0 Å². The zero-order valence-corrected chi connectivity index (χ0v) is 8.04. The number of rotatable bonds is 0. The zero-order chi connectivity index (χ0) is 9.42. The summed E-state index contributed by atoms with van der Waals surface area (Å²) in [7, 11) is 0. The highest BCUT2D eigenvalue weighted by molar-refractivity contribution is 5.47. The van der Waals surface area contributed by atoms with Crippen LogP contribution in [0.5, 0.6) is 0 Å². The van der Waals surface area contributed by atoms with Crippen molar-refractivity contribution in [3.8, 4) is 6.07 Å². The van der Waals surface area contributed by atoms with E-state index in [4.69, 9.17) is 5.26 Å². The van der Waals surface area contributed by atoms with Crippen molar-refractivity contribution in [3.63, 3.8) is 0 Å². The molecule has 2 aliphatic carbocycles. The van der Waals surface area contributed by atoms with Crippen LogP contribution < -0.4 is 0 Å². The highest BCUT2D eigenvalue weighted by Crippen LogP contribution is 2.50. The van der Waals surface area contributed by atoms with Gasteiger partial charge in [0.05, 0.1) is 6.07 Å². The molecule has 0 aromatic carbocycles. The molecule has 1 heteroatoms. The van der Waals surface area contributed by atoms with Crippen molar-refractivity contribution in [3.05, 3.63) is 34.9 Å². The lowest BCUT2D eigenvalue weighted by atomic mass is 9.69. The Hall–Kier alpha value is -1.29. The summed E-state index contributed by atoms with van der Waals surface area (Å²) < 4.78 is 0. The molecular formula is C12H13N. The summed E-state index contributed by atoms with van der Waals surface area (Å²) in [6, 6.07) is 2.13. The second-order valence-electron chi connectivity index (χ2n) is 4.01. The van der Waals surface area contributed by atoms with E-state index in [1.165, 1.54) is 16.7 Å². The van der Waals surface area contributed by atoms with Crippen LogP contribution in [0, 0.1) is 23.2 Å². The number of hydrogen-bond donors (Lipinski definition) is 0. The average Bonchev–Trinajstić information content (AvgIpc) is 2.38. The molecule has 1 nitrogen and oxygen atoms in total. The Kier molecular flexibility index (Phi) is 1.84. The van der Waals surface area contributed by atoms with Crippen LogP contribution in [0.2, 0.25) is 0 Å². The summed E-state index contributed by atoms with van der Waals surface area (Å²) in [6.45, 7) is 4.29. The molecule has 2 rings (SSSR count). The summed E-state index contributed by atoms with van der Waals surface area (Å²) in [6.07, 6.45) is 7.31. The van der Waals surface area contributed by atoms with Gasteiger partial charge in [-0.1, -0.05) is 23.3 Å². The van der Waals surface area contributed by atoms with E-state index in [9.17, 15) is 0 Å². The van der Waals surface area contributed by atoms with Crippen LogP contribution in [-0.2, 0) is 0 Å². The van der Waals surface area contributed by atoms with Gasteiger partial charge < -0.3 is 0 Å². The number of allylic oxidation sites excluding steroid dienone is 6. The minimum atomic E-state index is 0.546. The topological polar surface area (TPSA) is 23.8 Å². The molecular weight excluding hydrogens is 158 g/mol. The summed E-state index contributed by atoms with van der Waals surface area (Å²) in [5, 5.41) is 8.58. The molecule has 2 atom stereocenters. The molecule has 13 heavy (non-hydrogen) atoms. The van der Waals surface area contributed by atoms with Crippen molar-refractivity contribution in [2.75, 3.05) is 0 Å². The maximum Gasteiger partial charge on any atom is 0.0911 e. The number of fused-ring (bicyclic) bond motifs is 1. The molecule has 66 valence electrons. The second-order valence-corrected chi connectivity index (χ2v) is 4.01. The third-order valence-corrected chi connectivity index (χ3v) is 2.98. The van der Waals surface area contributed by atoms with Gasteiger partial charge in [0.1, 0.15) is 0 Å². The Morgan fingerprint density at radius 3 is 3.00 bits per heavy atom. The van der Waals surface area contributed by atoms with Crippen LogP contribution in [0.1, 0.15) is 20.3 Å². The smallest absolute Gasteiger partial charge is 0.0911 e. The highest BCUT2D eigenvalue weighted by Gasteiger charge is 2.39. The minimum absolute atomic E-state index is 0.546. The lowest BCUT2D eigenvalue weighted by Gasteiger charge is -2.35. The van der Waals surface area contributed by atoms with Gasteiger partial charge in [0.25, 0.3) is 0 Å². The molecule has 0 bridgehead atoms. The van der Waals surface area contributed by atoms with Crippen LogP contribution >= 0.6 is 0 Å². The monoisotopic (exact) mass is 171 g/mol. The third-order valence-electron chi connectivity index (χ3n) is 2.98. The van der Waals surface area contributed by atoms with Crippen LogP contribution in [-0.4, -0.2) is 0 Å². The molecule has 0 N–H and O–H groups in total. The summed E-state index contributed by atoms with van der Waals surface area (Å²) in [5.41, 5.74) is 4.12. The van der Waals surface area contributed by atoms with Crippen LogP contribution in [0.15, 0.2) is 34.9 Å². The molecule has 1 saturated carbocycles. The molecule has 1 fully saturated rings. The number of nitrogens with zero attached hydrogens (tertiary/aromatic N) is 1. The first-order chi connectivity index (χ1) is 6.24. The van der Waals surface area contributed by atoms with Gasteiger partial charge in [0.2, 0.25) is 0 Å². The van der Waals surface area contributed by atoms with E-state index in [-0.39, 0.29) is 0 Å². The molecule has 0 aliphatic heterocycles. The molecule has 2 unspecified atom stereocenters. The van der Waals surface area contributed by atoms with Crippen molar-refractivity contribution < 1.29 is 0 Å². The van der Waals surface area contributed by atoms with Gasteiger partial charge >= 0.3 is 0 Å². The van der Waals surface area contributed by atoms with Crippen LogP contribution in [0.4, 0.5) is 0 Å². The SMILES string of the molecule is CC(C)=C1C=CC2C/C(=C\C#N)C12. The number of hydrogen-bond acceptors (Lipinski definition) is 1. The van der Waals surface area contributed by atoms with E-state index in [0.717, 1.165) is 6.42 Å². The quantitative estimate of drug-likeness (QED) is 0.514. The summed E-state index contributed by atoms with van der Waals surface area (Å²) in [5.74, 6) is 1.23. The van der Waals surface area contributed by atoms with Crippen molar-refractivity contribution >= 4 is 0 Å². The van der Waals surface area contributed by atoms with Gasteiger partial charge in [-0.15, -0.1) is 0 Å². The molecule has 0 saturated heterocycles. The largest absolute Gasteiger partial charge is 0.193 e. The lowest BCUT2D eigenvalue weighted by molar-refractivity contribution is 0.410. The van der Waals surface area contributed by atoms with Gasteiger partial charge in [0, 0.05) is 12.0 Å². The predicted molar refractivity (Wildman–Crippen MR) is 52.8 cm³/mol. The first-order valence-electron chi connectivity index (χ1n) is 4.68. The zero-order valence-electron chi connectivity index (χ0n) is 8.04. The van der Waals surface area contributed by atoms with Crippen LogP contribution in [0.3, 0.4) is 0 Å². The predicted octanol–water partition coefficient (Wildman–Crippen LogP) is 2.98. The van der Waals surface area contributed by atoms with E-state index in [1.807, 2.05) is 0 Å². The fourth-order valence-corrected chi connectivity index (χ4v) is 2.28. The Morgan fingerprint density at radius 1 is 1.62 bits per heavy atom. The lowest BCUT2D eigenvalue weighted by Crippen LogP contribution is -2.25. The Morgan fingerprint density at radius 2 is 2.38 bits per heavy atom. The van der Waals surface area contributed by atoms with E-state index in [1.54, 1.807) is 6.08 Å². The van der Waals surface area contributed by atoms with Crippen LogP contribution in [0.25, 0.3) is 0 Å². The van der Waals surface area contributed by atoms with Gasteiger partial charge in [-0.25, -0.2) is 0 Å². The fraction of sp³-hybridized carbons (Fsp3) is 0.417. The molecule has 0 aromatic heterocycles. The molecule has 0 spiro atoms. The Bertz CT molecular complexity index is 359. The fourth-order valence-electron chi connectivity index (χ4n) is 2.28. The average molecular weight is 171 g/mol. The molecule has 0 heterocycles. The minimum Gasteiger partial charge on any atom is -0.193 e. The van der Waals surface area contributed by atoms with Crippen molar-refractivity contribution in [2.45, 2.75) is 20.3 Å². The van der Waals surface area contributed by atoms with E-state index in [2.05, 4.69) is 32.1 Å². The van der Waals surface area contributed by atoms with Gasteiger partial charge in [-0.2, -0.15) is 5.26 Å². The molecule has 0 amide bonds. The van der Waals surface area contributed by atoms with E-state index in [0.29, 0.717) is 11.8 Å². The Balaban J connectivity index is 2.30. The normalized spacial score (nSPS) is 32.7. The first kappa shape index (κ1) is 8.31. The molecule has 0 radical (unpaired) electrons. The second kappa shape index (κ2) is 2.88. The molecule has 0 aromatic rings. The summed E-state index contributed by atoms with van der Waals surface area (Å²) in [4.78, 5) is 0. The standard InChI is InChI=1S/C12H13N/c1-8(2)11-4-3-9-7-10(5-6-13)12(9)11/h3-5,9,12H,7H2,1-2H3/b10-5+. The van der Waals surface area contributed by atoms with E-state index < -0.39 is 0 Å². The number of nitriles is 1. The van der Waals surface area contributed by atoms with Crippen molar-refractivity contribution in [1.29, 1.82) is 5.26 Å². The summed E-state index contributed by atoms with van der Waals surface area (Å²) >= 11 is 0. The third kappa shape index (κ3) is 1.14. The van der Waals surface area contributed by atoms with Crippen molar-refractivity contribution in [1.82, 2.24) is 0 Å².